The largest absolute Gasteiger partial charge is 0.481 e. The van der Waals surface area contributed by atoms with Gasteiger partial charge in [-0.2, -0.15) is 0 Å². The van der Waals surface area contributed by atoms with Crippen LogP contribution in [0.15, 0.2) is 121 Å². The Morgan fingerprint density at radius 3 is 1.58 bits per heavy atom. The number of hydrogen-bond acceptors (Lipinski definition) is 17. The molecular formula is C60H60N12O8S3. The second-order valence-corrected chi connectivity index (χ2v) is 21.9. The van der Waals surface area contributed by atoms with Crippen molar-refractivity contribution in [1.82, 2.24) is 50.6 Å². The third-order valence-corrected chi connectivity index (χ3v) is 16.5. The van der Waals surface area contributed by atoms with Crippen LogP contribution in [0, 0.1) is 23.7 Å². The average Bonchev–Trinajstić information content (AvgIpc) is 4.45. The molecule has 83 heavy (non-hydrogen) atoms. The molecule has 20 nitrogen and oxygen atoms in total. The van der Waals surface area contributed by atoms with Gasteiger partial charge in [-0.05, 0) is 113 Å². The first-order valence-electron chi connectivity index (χ1n) is 26.8. The van der Waals surface area contributed by atoms with E-state index in [0.717, 1.165) is 27.7 Å². The van der Waals surface area contributed by atoms with Crippen LogP contribution in [0.4, 0.5) is 10.0 Å². The van der Waals surface area contributed by atoms with Crippen LogP contribution in [0.2, 0.25) is 0 Å². The van der Waals surface area contributed by atoms with Crippen molar-refractivity contribution in [2.75, 3.05) is 51.0 Å². The van der Waals surface area contributed by atoms with Crippen molar-refractivity contribution in [3.8, 4) is 67.7 Å². The standard InChI is InChI=1S/C60H60N12O8S3/c1-37(61-3)51(73)64-49(59(77)71-32-15-21-45(71)53(75)67-55-47(39-17-9-7-10-18-39)66-58(82-55)57-63-31-36-81-57)41-23-27-43(28-24-41)79-34-13-5-6-14-35-80-44-29-25-42(26-30-44)50(65-52(74)38(2)62-4)60(78)72-33-16-22-46(72)54(76)68-56-48(69-70-83-56)40-19-11-8-12-20-40/h7-12,17-20,23-31,36-38,45-46,49-50,61-62H,15-16,21-22,32-35H2,1-4H3,(H,64,73)(H,65,74)(H,67,75)(H,68,76)/t37-,38-,45-,46-,49-,50-/m0/s1. The minimum absolute atomic E-state index is 0.00191. The molecule has 2 aliphatic heterocycles. The molecule has 426 valence electrons. The van der Waals surface area contributed by atoms with Crippen molar-refractivity contribution >= 4 is 79.7 Å². The summed E-state index contributed by atoms with van der Waals surface area (Å²) < 4.78 is 15.8. The van der Waals surface area contributed by atoms with Crippen molar-refractivity contribution < 1.29 is 38.2 Å². The van der Waals surface area contributed by atoms with E-state index in [-0.39, 0.29) is 25.0 Å². The Morgan fingerprint density at radius 1 is 0.627 bits per heavy atom. The number of amides is 6. The first-order valence-corrected chi connectivity index (χ1v) is 29.3. The topological polar surface area (TPSA) is 251 Å². The number of hydrogen-bond donors (Lipinski definition) is 6. The Labute approximate surface area is 492 Å². The summed E-state index contributed by atoms with van der Waals surface area (Å²) in [7, 11) is 3.30. The number of rotatable bonds is 21. The Balaban J connectivity index is 0.790. The molecule has 0 unspecified atom stereocenters. The first kappa shape index (κ1) is 58.8. The smallest absolute Gasteiger partial charge is 0.250 e. The zero-order chi connectivity index (χ0) is 58.2. The van der Waals surface area contributed by atoms with Gasteiger partial charge in [0.2, 0.25) is 35.4 Å². The maximum atomic E-state index is 14.5. The normalized spacial score (nSPS) is 16.0. The van der Waals surface area contributed by atoms with Gasteiger partial charge in [0, 0.05) is 47.3 Å². The van der Waals surface area contributed by atoms with Crippen LogP contribution in [-0.2, 0) is 28.8 Å². The number of likely N-dealkylation sites (N-methyl/N-ethyl adjacent to an activating group) is 2. The number of benzene rings is 4. The third kappa shape index (κ3) is 14.6. The van der Waals surface area contributed by atoms with Crippen LogP contribution in [0.25, 0.3) is 32.5 Å². The van der Waals surface area contributed by atoms with Gasteiger partial charge in [0.1, 0.15) is 70.3 Å². The number of ether oxygens (including phenoxy) is 2. The predicted octanol–water partition coefficient (Wildman–Crippen LogP) is 6.71. The van der Waals surface area contributed by atoms with Gasteiger partial charge in [-0.15, -0.1) is 16.4 Å². The van der Waals surface area contributed by atoms with Crippen LogP contribution in [0.3, 0.4) is 0 Å². The second-order valence-electron chi connectivity index (χ2n) is 19.3. The molecule has 2 saturated heterocycles. The fraction of sp³-hybridized carbons (Fsp3) is 0.300. The lowest BCUT2D eigenvalue weighted by molar-refractivity contribution is -0.140. The number of nitrogens with zero attached hydrogens (tertiary/aromatic N) is 6. The van der Waals surface area contributed by atoms with E-state index >= 15 is 0 Å². The summed E-state index contributed by atoms with van der Waals surface area (Å²) in [6.45, 7) is 4.04. The number of aromatic nitrogens is 4. The quantitative estimate of drug-likeness (QED) is 0.0410. The minimum Gasteiger partial charge on any atom is -0.481 e. The van der Waals surface area contributed by atoms with Gasteiger partial charge >= 0.3 is 0 Å². The Bertz CT molecular complexity index is 3520. The van der Waals surface area contributed by atoms with Gasteiger partial charge in [0.25, 0.3) is 0 Å². The second kappa shape index (κ2) is 28.2. The minimum atomic E-state index is -1.10. The zero-order valence-electron chi connectivity index (χ0n) is 45.8. The van der Waals surface area contributed by atoms with Crippen LogP contribution in [0.1, 0.15) is 62.7 Å². The molecule has 0 spiro atoms. The maximum Gasteiger partial charge on any atom is 0.250 e. The van der Waals surface area contributed by atoms with Crippen LogP contribution in [-0.4, -0.2) is 129 Å². The van der Waals surface area contributed by atoms with Crippen molar-refractivity contribution in [3.05, 3.63) is 132 Å². The molecule has 0 aliphatic carbocycles. The zero-order valence-corrected chi connectivity index (χ0v) is 48.3. The fourth-order valence-electron chi connectivity index (χ4n) is 9.29. The molecular weight excluding hydrogens is 1110 g/mol. The highest BCUT2D eigenvalue weighted by Crippen LogP contribution is 2.39. The molecule has 4 aromatic carbocycles. The molecule has 3 aromatic heterocycles. The SMILES string of the molecule is CN[C@@H](C)C(=O)N[C@H](C(=O)N1CCC[C@H]1C(=O)Nc1snnc1-c1ccccc1)c1ccc(OCC#CC#CCOc2ccc([C@H](NC(=O)[C@H](C)NC)C(=O)N3CCC[C@H]3C(=O)Nc3sc(-c4nccs4)nc3-c3ccccc3)cc2)cc1. The van der Waals surface area contributed by atoms with Crippen molar-refractivity contribution in [2.45, 2.75) is 75.8 Å². The van der Waals surface area contributed by atoms with Crippen LogP contribution >= 0.6 is 34.2 Å². The molecule has 5 heterocycles. The highest BCUT2D eigenvalue weighted by Gasteiger charge is 2.41. The molecule has 6 N–H and O–H groups in total. The monoisotopic (exact) mass is 1170 g/mol. The molecule has 9 rings (SSSR count). The lowest BCUT2D eigenvalue weighted by Crippen LogP contribution is -2.51. The maximum absolute atomic E-state index is 14.5. The highest BCUT2D eigenvalue weighted by molar-refractivity contribution is 7.23. The molecule has 0 radical (unpaired) electrons. The molecule has 0 saturated carbocycles. The highest BCUT2D eigenvalue weighted by atomic mass is 32.1. The van der Waals surface area contributed by atoms with E-state index in [1.54, 1.807) is 82.7 Å². The number of anilines is 2. The molecule has 23 heteroatoms. The molecule has 0 bridgehead atoms. The van der Waals surface area contributed by atoms with Crippen molar-refractivity contribution in [2.24, 2.45) is 0 Å². The van der Waals surface area contributed by atoms with Gasteiger partial charge in [0.15, 0.2) is 10.0 Å². The van der Waals surface area contributed by atoms with E-state index in [1.807, 2.05) is 66.0 Å². The van der Waals surface area contributed by atoms with Crippen LogP contribution < -0.4 is 41.4 Å². The molecule has 6 atom stereocenters. The molecule has 7 aromatic rings. The van der Waals surface area contributed by atoms with E-state index in [0.29, 0.717) is 87.8 Å². The lowest BCUT2D eigenvalue weighted by atomic mass is 10.0. The average molecular weight is 1170 g/mol. The summed E-state index contributed by atoms with van der Waals surface area (Å²) in [6, 6.07) is 27.5. The number of thiazole rings is 2. The van der Waals surface area contributed by atoms with Gasteiger partial charge in [-0.1, -0.05) is 101 Å². The van der Waals surface area contributed by atoms with E-state index in [4.69, 9.17) is 14.5 Å². The summed E-state index contributed by atoms with van der Waals surface area (Å²) in [4.78, 5) is 95.6. The Morgan fingerprint density at radius 2 is 1.11 bits per heavy atom. The molecule has 6 amide bonds. The number of carbonyl (C=O) groups excluding carboxylic acids is 6. The van der Waals surface area contributed by atoms with E-state index in [1.165, 1.54) is 32.5 Å². The van der Waals surface area contributed by atoms with Gasteiger partial charge in [-0.3, -0.25) is 28.8 Å². The van der Waals surface area contributed by atoms with Gasteiger partial charge in [-0.25, -0.2) is 9.97 Å². The summed E-state index contributed by atoms with van der Waals surface area (Å²) >= 11 is 3.83. The van der Waals surface area contributed by atoms with E-state index in [9.17, 15) is 28.8 Å². The first-order chi connectivity index (χ1) is 40.4. The fourth-order valence-corrected chi connectivity index (χ4v) is 11.6. The summed E-state index contributed by atoms with van der Waals surface area (Å²) in [6.07, 6.45) is 3.78. The molecule has 2 aliphatic rings. The summed E-state index contributed by atoms with van der Waals surface area (Å²) in [5.74, 6) is 9.81. The summed E-state index contributed by atoms with van der Waals surface area (Å²) in [5, 5.41) is 26.1. The Hall–Kier alpha value is -8.84. The predicted molar refractivity (Wildman–Crippen MR) is 319 cm³/mol. The lowest BCUT2D eigenvalue weighted by Gasteiger charge is -2.29. The molecule has 2 fully saturated rings. The number of likely N-dealkylation sites (tertiary alicyclic amines) is 2. The van der Waals surface area contributed by atoms with Crippen LogP contribution in [0.5, 0.6) is 11.5 Å². The van der Waals surface area contributed by atoms with E-state index < -0.39 is 59.9 Å². The third-order valence-electron chi connectivity index (χ3n) is 14.0. The summed E-state index contributed by atoms with van der Waals surface area (Å²) in [5.41, 5.74) is 3.77. The number of nitrogens with one attached hydrogen (secondary N) is 6. The van der Waals surface area contributed by atoms with Gasteiger partial charge < -0.3 is 51.2 Å². The number of carbonyl (C=O) groups is 6. The van der Waals surface area contributed by atoms with Gasteiger partial charge in [0.05, 0.1) is 12.1 Å². The Kier molecular flexibility index (Phi) is 20.0. The van der Waals surface area contributed by atoms with Crippen molar-refractivity contribution in [3.63, 3.8) is 0 Å². The van der Waals surface area contributed by atoms with Crippen molar-refractivity contribution in [1.29, 1.82) is 0 Å². The van der Waals surface area contributed by atoms with E-state index in [2.05, 4.69) is 70.2 Å².